The summed E-state index contributed by atoms with van der Waals surface area (Å²) in [4.78, 5) is 0. The third kappa shape index (κ3) is 2.04. The molecule has 0 aromatic carbocycles. The van der Waals surface area contributed by atoms with E-state index in [-0.39, 0.29) is 5.41 Å². The van der Waals surface area contributed by atoms with Gasteiger partial charge in [-0.25, -0.2) is 0 Å². The van der Waals surface area contributed by atoms with Crippen molar-refractivity contribution < 1.29 is 0 Å². The van der Waals surface area contributed by atoms with Gasteiger partial charge in [0.05, 0.1) is 0 Å². The van der Waals surface area contributed by atoms with Crippen LogP contribution in [0.2, 0.25) is 0 Å². The summed E-state index contributed by atoms with van der Waals surface area (Å²) in [5.41, 5.74) is 0.219. The molecule has 1 aromatic heterocycles. The molecule has 1 aromatic rings. The Hall–Kier alpha value is -0.900. The topological polar surface area (TPSA) is 42.7 Å². The van der Waals surface area contributed by atoms with Gasteiger partial charge >= 0.3 is 0 Å². The van der Waals surface area contributed by atoms with Gasteiger partial charge in [-0.3, -0.25) is 0 Å². The Kier molecular flexibility index (Phi) is 3.05. The molecule has 4 heteroatoms. The Labute approximate surface area is 91.1 Å². The molecule has 4 nitrogen and oxygen atoms in total. The summed E-state index contributed by atoms with van der Waals surface area (Å²) in [7, 11) is 0. The first kappa shape index (κ1) is 10.6. The van der Waals surface area contributed by atoms with Crippen LogP contribution in [0.5, 0.6) is 0 Å². The second kappa shape index (κ2) is 4.31. The van der Waals surface area contributed by atoms with Gasteiger partial charge in [-0.1, -0.05) is 13.8 Å². The van der Waals surface area contributed by atoms with Crippen molar-refractivity contribution in [2.24, 2.45) is 0 Å². The van der Waals surface area contributed by atoms with E-state index in [0.29, 0.717) is 0 Å². The number of rotatable bonds is 3. The van der Waals surface area contributed by atoms with Gasteiger partial charge in [0.2, 0.25) is 0 Å². The Balaban J connectivity index is 2.22. The molecule has 0 bridgehead atoms. The molecular weight excluding hydrogens is 188 g/mol. The highest BCUT2D eigenvalue weighted by Crippen LogP contribution is 2.31. The van der Waals surface area contributed by atoms with Crippen LogP contribution in [-0.2, 0) is 12.0 Å². The summed E-state index contributed by atoms with van der Waals surface area (Å²) >= 11 is 0. The lowest BCUT2D eigenvalue weighted by Gasteiger charge is -2.33. The molecule has 15 heavy (non-hydrogen) atoms. The zero-order chi connectivity index (χ0) is 10.7. The van der Waals surface area contributed by atoms with Crippen LogP contribution in [0.15, 0.2) is 6.33 Å². The lowest BCUT2D eigenvalue weighted by atomic mass is 9.80. The number of piperidine rings is 1. The predicted octanol–water partition coefficient (Wildman–Crippen LogP) is 1.33. The minimum Gasteiger partial charge on any atom is -0.317 e. The van der Waals surface area contributed by atoms with Crippen molar-refractivity contribution in [3.63, 3.8) is 0 Å². The van der Waals surface area contributed by atoms with Crippen molar-refractivity contribution in [1.82, 2.24) is 20.1 Å². The monoisotopic (exact) mass is 208 g/mol. The fraction of sp³-hybridized carbons (Fsp3) is 0.818. The molecule has 1 N–H and O–H groups in total. The van der Waals surface area contributed by atoms with Crippen LogP contribution in [0, 0.1) is 0 Å². The zero-order valence-corrected chi connectivity index (χ0v) is 9.66. The van der Waals surface area contributed by atoms with E-state index < -0.39 is 0 Å². The molecule has 0 amide bonds. The molecule has 0 unspecified atom stereocenters. The number of aryl methyl sites for hydroxylation is 1. The summed E-state index contributed by atoms with van der Waals surface area (Å²) < 4.78 is 2.21. The molecule has 0 saturated carbocycles. The maximum Gasteiger partial charge on any atom is 0.138 e. The van der Waals surface area contributed by atoms with Crippen LogP contribution in [0.4, 0.5) is 0 Å². The SMILES string of the molecule is CCCn1cnnc1C1(C)CCNCC1. The van der Waals surface area contributed by atoms with Crippen LogP contribution in [0.1, 0.15) is 38.9 Å². The van der Waals surface area contributed by atoms with Gasteiger partial charge in [0.15, 0.2) is 0 Å². The van der Waals surface area contributed by atoms with Crippen molar-refractivity contribution in [3.05, 3.63) is 12.2 Å². The lowest BCUT2D eigenvalue weighted by molar-refractivity contribution is 0.307. The maximum atomic E-state index is 4.32. The molecule has 0 atom stereocenters. The smallest absolute Gasteiger partial charge is 0.138 e. The van der Waals surface area contributed by atoms with Crippen LogP contribution >= 0.6 is 0 Å². The molecule has 84 valence electrons. The maximum absolute atomic E-state index is 4.32. The minimum absolute atomic E-state index is 0.219. The molecular formula is C11H20N4. The summed E-state index contributed by atoms with van der Waals surface area (Å²) in [5.74, 6) is 1.17. The Bertz CT molecular complexity index is 312. The van der Waals surface area contributed by atoms with Crippen molar-refractivity contribution >= 4 is 0 Å². The summed E-state index contributed by atoms with van der Waals surface area (Å²) in [5, 5.41) is 11.8. The normalized spacial score (nSPS) is 20.4. The molecule has 1 aliphatic rings. The van der Waals surface area contributed by atoms with Crippen LogP contribution in [0.25, 0.3) is 0 Å². The highest BCUT2D eigenvalue weighted by Gasteiger charge is 2.33. The third-order valence-electron chi connectivity index (χ3n) is 3.33. The fourth-order valence-corrected chi connectivity index (χ4v) is 2.33. The van der Waals surface area contributed by atoms with Crippen molar-refractivity contribution in [1.29, 1.82) is 0 Å². The minimum atomic E-state index is 0.219. The van der Waals surface area contributed by atoms with E-state index in [0.717, 1.165) is 38.9 Å². The summed E-state index contributed by atoms with van der Waals surface area (Å²) in [6, 6.07) is 0. The molecule has 1 saturated heterocycles. The quantitative estimate of drug-likeness (QED) is 0.815. The number of hydrogen-bond donors (Lipinski definition) is 1. The van der Waals surface area contributed by atoms with E-state index in [4.69, 9.17) is 0 Å². The van der Waals surface area contributed by atoms with Crippen molar-refractivity contribution in [2.45, 2.75) is 45.1 Å². The van der Waals surface area contributed by atoms with Gasteiger partial charge in [-0.2, -0.15) is 0 Å². The van der Waals surface area contributed by atoms with E-state index in [1.165, 1.54) is 5.82 Å². The summed E-state index contributed by atoms with van der Waals surface area (Å²) in [6.07, 6.45) is 5.33. The van der Waals surface area contributed by atoms with Gasteiger partial charge in [0.25, 0.3) is 0 Å². The molecule has 0 aliphatic carbocycles. The van der Waals surface area contributed by atoms with Gasteiger partial charge in [0, 0.05) is 12.0 Å². The second-order valence-electron chi connectivity index (χ2n) is 4.66. The Morgan fingerprint density at radius 3 is 2.87 bits per heavy atom. The molecule has 2 rings (SSSR count). The predicted molar refractivity (Wildman–Crippen MR) is 59.8 cm³/mol. The van der Waals surface area contributed by atoms with E-state index in [2.05, 4.69) is 33.9 Å². The Morgan fingerprint density at radius 2 is 2.20 bits per heavy atom. The Morgan fingerprint density at radius 1 is 1.47 bits per heavy atom. The van der Waals surface area contributed by atoms with Crippen LogP contribution < -0.4 is 5.32 Å². The second-order valence-corrected chi connectivity index (χ2v) is 4.66. The molecule has 1 aliphatic heterocycles. The van der Waals surface area contributed by atoms with Gasteiger partial charge in [-0.15, -0.1) is 10.2 Å². The molecule has 1 fully saturated rings. The third-order valence-corrected chi connectivity index (χ3v) is 3.33. The van der Waals surface area contributed by atoms with E-state index in [9.17, 15) is 0 Å². The molecule has 0 radical (unpaired) electrons. The lowest BCUT2D eigenvalue weighted by Crippen LogP contribution is -2.39. The van der Waals surface area contributed by atoms with E-state index >= 15 is 0 Å². The highest BCUT2D eigenvalue weighted by molar-refractivity contribution is 5.08. The van der Waals surface area contributed by atoms with Crippen LogP contribution in [-0.4, -0.2) is 27.9 Å². The summed E-state index contributed by atoms with van der Waals surface area (Å²) in [6.45, 7) is 7.72. The number of nitrogens with zero attached hydrogens (tertiary/aromatic N) is 3. The first-order chi connectivity index (χ1) is 7.26. The van der Waals surface area contributed by atoms with E-state index in [1.807, 2.05) is 6.33 Å². The average Bonchev–Trinajstić information content (AvgIpc) is 2.68. The number of aromatic nitrogens is 3. The highest BCUT2D eigenvalue weighted by atomic mass is 15.3. The van der Waals surface area contributed by atoms with Gasteiger partial charge in [0.1, 0.15) is 12.2 Å². The number of nitrogens with one attached hydrogen (secondary N) is 1. The van der Waals surface area contributed by atoms with E-state index in [1.54, 1.807) is 0 Å². The first-order valence-corrected chi connectivity index (χ1v) is 5.85. The standard InChI is InChI=1S/C11H20N4/c1-3-8-15-9-13-14-10(15)11(2)4-6-12-7-5-11/h9,12H,3-8H2,1-2H3. The average molecular weight is 208 g/mol. The fourth-order valence-electron chi connectivity index (χ4n) is 2.33. The zero-order valence-electron chi connectivity index (χ0n) is 9.66. The largest absolute Gasteiger partial charge is 0.317 e. The molecule has 0 spiro atoms. The van der Waals surface area contributed by atoms with Crippen molar-refractivity contribution in [2.75, 3.05) is 13.1 Å². The van der Waals surface area contributed by atoms with Crippen molar-refractivity contribution in [3.8, 4) is 0 Å². The first-order valence-electron chi connectivity index (χ1n) is 5.85. The van der Waals surface area contributed by atoms with Gasteiger partial charge in [-0.05, 0) is 32.4 Å². The number of hydrogen-bond acceptors (Lipinski definition) is 3. The van der Waals surface area contributed by atoms with Gasteiger partial charge < -0.3 is 9.88 Å². The van der Waals surface area contributed by atoms with Crippen LogP contribution in [0.3, 0.4) is 0 Å². The molecule has 2 heterocycles.